The number of ether oxygens (including phenoxy) is 1. The molecule has 0 unspecified atom stereocenters. The number of nitrogens with zero attached hydrogens (tertiary/aromatic N) is 5. The Bertz CT molecular complexity index is 2040. The van der Waals surface area contributed by atoms with E-state index in [2.05, 4.69) is 26.2 Å². The Morgan fingerprint density at radius 1 is 1.23 bits per heavy atom. The lowest BCUT2D eigenvalue weighted by Gasteiger charge is -2.40. The maximum absolute atomic E-state index is 16.9. The van der Waals surface area contributed by atoms with Crippen molar-refractivity contribution in [2.45, 2.75) is 38.3 Å². The molecule has 226 valence electrons. The van der Waals surface area contributed by atoms with Crippen LogP contribution in [0.3, 0.4) is 0 Å². The Balaban J connectivity index is 1.39. The van der Waals surface area contributed by atoms with E-state index in [4.69, 9.17) is 18.0 Å². The first-order chi connectivity index (χ1) is 23.2. The molecule has 5 heterocycles. The van der Waals surface area contributed by atoms with Crippen molar-refractivity contribution in [1.82, 2.24) is 25.2 Å². The van der Waals surface area contributed by atoms with Crippen LogP contribution in [-0.4, -0.2) is 71.6 Å². The van der Waals surface area contributed by atoms with Gasteiger partial charge in [0.25, 0.3) is 0 Å². The smallest absolute Gasteiger partial charge is 0.319 e. The summed E-state index contributed by atoms with van der Waals surface area (Å²) in [6, 6.07) is 7.57. The molecule has 44 heavy (non-hydrogen) atoms. The van der Waals surface area contributed by atoms with Crippen LogP contribution in [0.25, 0.3) is 32.9 Å². The van der Waals surface area contributed by atoms with Gasteiger partial charge >= 0.3 is 6.01 Å². The standard InChI is InChI=1S/C34H33F3N6O/c1-4-24-27(36)11-8-20-6-5-7-25(28(20)24)30-29(37)31-26(15-38-30)32(43-16-22-9-10-23(17-43)39-22)41-33(40-31)44-19-34(2)18-42(3)13-12-21(34)14-35/h1,5-8,11,14-15,22-23,39H,9-10,12-13,16-19H2,2-3H3/b21-14+/t22-,23+,34-/m0/s1/i3D3,19D2. The molecule has 1 N–H and O–H groups in total. The third-order valence-corrected chi connectivity index (χ3v) is 8.92. The molecule has 2 aromatic heterocycles. The lowest BCUT2D eigenvalue weighted by atomic mass is 9.78. The Morgan fingerprint density at radius 2 is 2.05 bits per heavy atom. The molecule has 2 aromatic carbocycles. The van der Waals surface area contributed by atoms with Gasteiger partial charge in [-0.1, -0.05) is 37.1 Å². The highest BCUT2D eigenvalue weighted by Gasteiger charge is 2.37. The number of terminal acetylenes is 1. The SMILES string of the molecule is [2H]C([2H])([2H])N1CC/C(=C\F)[C@](C)(C([2H])([2H])Oc2nc(N3C[C@H]4CC[C@@H](C3)N4)c3cnc(-c4cccc5ccc(F)c(C#C)c45)c(F)c3n2)C1. The number of likely N-dealkylation sites (tertiary alicyclic amines) is 1. The number of halogens is 3. The van der Waals surface area contributed by atoms with Gasteiger partial charge in [-0.15, -0.1) is 6.42 Å². The molecule has 0 amide bonds. The fraction of sp³-hybridized carbons (Fsp3) is 0.382. The van der Waals surface area contributed by atoms with Gasteiger partial charge in [0.15, 0.2) is 5.82 Å². The molecule has 2 bridgehead atoms. The van der Waals surface area contributed by atoms with Gasteiger partial charge in [0, 0.05) is 64.9 Å². The molecule has 3 saturated heterocycles. The fourth-order valence-electron chi connectivity index (χ4n) is 6.68. The number of hydrogen-bond donors (Lipinski definition) is 1. The van der Waals surface area contributed by atoms with Crippen LogP contribution < -0.4 is 15.0 Å². The van der Waals surface area contributed by atoms with Crippen LogP contribution in [-0.2, 0) is 0 Å². The van der Waals surface area contributed by atoms with Crippen molar-refractivity contribution in [2.75, 3.05) is 44.6 Å². The van der Waals surface area contributed by atoms with Gasteiger partial charge in [0.1, 0.15) is 29.4 Å². The summed E-state index contributed by atoms with van der Waals surface area (Å²) in [5.74, 6) is 1.12. The van der Waals surface area contributed by atoms with Crippen molar-refractivity contribution in [3.8, 4) is 29.6 Å². The first-order valence-corrected chi connectivity index (χ1v) is 14.5. The second-order valence-corrected chi connectivity index (χ2v) is 11.9. The Hall–Kier alpha value is -4.20. The van der Waals surface area contributed by atoms with Crippen LogP contribution in [0.5, 0.6) is 6.01 Å². The van der Waals surface area contributed by atoms with Crippen molar-refractivity contribution in [1.29, 1.82) is 0 Å². The highest BCUT2D eigenvalue weighted by molar-refractivity contribution is 6.02. The predicted molar refractivity (Wildman–Crippen MR) is 165 cm³/mol. The molecule has 0 saturated carbocycles. The van der Waals surface area contributed by atoms with E-state index in [1.807, 2.05) is 4.90 Å². The Kier molecular flexibility index (Phi) is 5.84. The fourth-order valence-corrected chi connectivity index (χ4v) is 6.68. The van der Waals surface area contributed by atoms with E-state index in [1.165, 1.54) is 19.2 Å². The van der Waals surface area contributed by atoms with E-state index in [1.54, 1.807) is 24.3 Å². The van der Waals surface area contributed by atoms with E-state index in [9.17, 15) is 8.78 Å². The zero-order valence-corrected chi connectivity index (χ0v) is 24.0. The summed E-state index contributed by atoms with van der Waals surface area (Å²) in [7, 11) is 0. The molecular weight excluding hydrogens is 565 g/mol. The van der Waals surface area contributed by atoms with Crippen molar-refractivity contribution in [2.24, 2.45) is 5.41 Å². The van der Waals surface area contributed by atoms with Crippen molar-refractivity contribution in [3.05, 3.63) is 65.6 Å². The average Bonchev–Trinajstić information content (AvgIpc) is 3.40. The van der Waals surface area contributed by atoms with Crippen molar-refractivity contribution >= 4 is 27.5 Å². The molecule has 7 nitrogen and oxygen atoms in total. The van der Waals surface area contributed by atoms with Crippen molar-refractivity contribution in [3.63, 3.8) is 0 Å². The van der Waals surface area contributed by atoms with Crippen LogP contribution in [0.4, 0.5) is 19.0 Å². The second-order valence-electron chi connectivity index (χ2n) is 11.9. The quantitative estimate of drug-likeness (QED) is 0.297. The van der Waals surface area contributed by atoms with Crippen LogP contribution in [0, 0.1) is 29.4 Å². The van der Waals surface area contributed by atoms with Crippen LogP contribution in [0.2, 0.25) is 0 Å². The van der Waals surface area contributed by atoms with Crippen LogP contribution in [0.15, 0.2) is 48.4 Å². The summed E-state index contributed by atoms with van der Waals surface area (Å²) < 4.78 is 93.5. The van der Waals surface area contributed by atoms with Gasteiger partial charge in [-0.3, -0.25) is 4.98 Å². The van der Waals surface area contributed by atoms with Gasteiger partial charge in [0.05, 0.1) is 20.0 Å². The zero-order chi connectivity index (χ0) is 34.9. The summed E-state index contributed by atoms with van der Waals surface area (Å²) in [6.07, 6.45) is 9.24. The van der Waals surface area contributed by atoms with E-state index in [0.717, 1.165) is 17.7 Å². The van der Waals surface area contributed by atoms with Gasteiger partial charge in [-0.05, 0) is 43.3 Å². The molecule has 3 fully saturated rings. The first-order valence-electron chi connectivity index (χ1n) is 17.0. The number of benzene rings is 2. The normalized spacial score (nSPS) is 27.0. The number of piperidine rings is 1. The maximum Gasteiger partial charge on any atom is 0.319 e. The van der Waals surface area contributed by atoms with Crippen LogP contribution >= 0.6 is 0 Å². The number of anilines is 1. The van der Waals surface area contributed by atoms with E-state index >= 15 is 4.39 Å². The minimum absolute atomic E-state index is 0.000319. The average molecular weight is 604 g/mol. The minimum atomic E-state index is -2.75. The molecule has 3 aliphatic heterocycles. The largest absolute Gasteiger partial charge is 0.462 e. The Morgan fingerprint density at radius 3 is 2.80 bits per heavy atom. The third kappa shape index (κ3) is 4.84. The summed E-state index contributed by atoms with van der Waals surface area (Å²) in [5, 5.41) is 4.66. The number of piperazine rings is 1. The molecule has 7 rings (SSSR count). The monoisotopic (exact) mass is 603 g/mol. The Labute approximate surface area is 261 Å². The zero-order valence-electron chi connectivity index (χ0n) is 29.0. The van der Waals surface area contributed by atoms with Crippen molar-refractivity contribution < 1.29 is 24.8 Å². The number of pyridine rings is 1. The van der Waals surface area contributed by atoms with E-state index < -0.39 is 36.6 Å². The third-order valence-electron chi connectivity index (χ3n) is 8.92. The summed E-state index contributed by atoms with van der Waals surface area (Å²) in [4.78, 5) is 16.5. The maximum atomic E-state index is 16.9. The molecule has 4 aromatic rings. The van der Waals surface area contributed by atoms with E-state index in [-0.39, 0.29) is 77.0 Å². The van der Waals surface area contributed by atoms with Gasteiger partial charge < -0.3 is 19.9 Å². The first kappa shape index (κ1) is 23.2. The topological polar surface area (TPSA) is 66.4 Å². The number of rotatable bonds is 5. The number of nitrogens with one attached hydrogen (secondary N) is 1. The molecule has 0 radical (unpaired) electrons. The second kappa shape index (κ2) is 11.1. The lowest BCUT2D eigenvalue weighted by Crippen LogP contribution is -2.51. The molecule has 0 aliphatic carbocycles. The van der Waals surface area contributed by atoms with Gasteiger partial charge in [0.2, 0.25) is 0 Å². The minimum Gasteiger partial charge on any atom is -0.462 e. The molecule has 0 spiro atoms. The summed E-state index contributed by atoms with van der Waals surface area (Å²) in [6.45, 7) is -3.23. The molecule has 10 heteroatoms. The van der Waals surface area contributed by atoms with Gasteiger partial charge in [-0.25, -0.2) is 13.2 Å². The van der Waals surface area contributed by atoms with E-state index in [0.29, 0.717) is 23.9 Å². The van der Waals surface area contributed by atoms with Crippen LogP contribution in [0.1, 0.15) is 38.6 Å². The number of aromatic nitrogens is 3. The van der Waals surface area contributed by atoms with Gasteiger partial charge in [-0.2, -0.15) is 9.97 Å². The number of hydrogen-bond acceptors (Lipinski definition) is 7. The number of fused-ring (bicyclic) bond motifs is 4. The summed E-state index contributed by atoms with van der Waals surface area (Å²) in [5.41, 5.74) is -1.94. The molecule has 3 aliphatic rings. The highest BCUT2D eigenvalue weighted by Crippen LogP contribution is 2.39. The predicted octanol–water partition coefficient (Wildman–Crippen LogP) is 5.62. The molecule has 3 atom stereocenters. The lowest BCUT2D eigenvalue weighted by molar-refractivity contribution is 0.109. The molecular formula is C34H33F3N6O. The summed E-state index contributed by atoms with van der Waals surface area (Å²) >= 11 is 0. The highest BCUT2D eigenvalue weighted by atomic mass is 19.1.